The lowest BCUT2D eigenvalue weighted by Crippen LogP contribution is -2.76. The van der Waals surface area contributed by atoms with Crippen molar-refractivity contribution in [3.8, 4) is 0 Å². The number of fused-ring (bicyclic) bond motifs is 1. The van der Waals surface area contributed by atoms with E-state index in [4.69, 9.17) is 23.2 Å². The van der Waals surface area contributed by atoms with Gasteiger partial charge in [-0.1, -0.05) is 33.1 Å². The summed E-state index contributed by atoms with van der Waals surface area (Å²) in [5, 5.41) is 9.34. The molecule has 2 aliphatic rings. The largest absolute Gasteiger partial charge is 0.479 e. The average molecular weight is 389 g/mol. The third kappa shape index (κ3) is 1.87. The first kappa shape index (κ1) is 15.5. The van der Waals surface area contributed by atoms with E-state index in [2.05, 4.69) is 15.9 Å². The summed E-state index contributed by atoms with van der Waals surface area (Å²) in [4.78, 5) is 21.8. The van der Waals surface area contributed by atoms with Crippen LogP contribution in [0.3, 0.4) is 0 Å². The minimum absolute atomic E-state index is 0.186. The number of hydrogen-bond donors (Lipinski definition) is 1. The van der Waals surface area contributed by atoms with Crippen LogP contribution >= 0.6 is 50.9 Å². The van der Waals surface area contributed by atoms with Gasteiger partial charge >= 0.3 is 5.97 Å². The number of alkyl halides is 3. The van der Waals surface area contributed by atoms with E-state index in [-0.39, 0.29) is 16.6 Å². The Hall–Kier alpha value is 0.0900. The van der Waals surface area contributed by atoms with Crippen LogP contribution in [-0.2, 0) is 9.59 Å². The number of aliphatic carboxylic acids is 1. The van der Waals surface area contributed by atoms with Gasteiger partial charge in [0.2, 0.25) is 5.00 Å². The van der Waals surface area contributed by atoms with Crippen LogP contribution in [0.5, 0.6) is 0 Å². The van der Waals surface area contributed by atoms with Gasteiger partial charge in [-0.2, -0.15) is 0 Å². The van der Waals surface area contributed by atoms with Crippen LogP contribution in [0.25, 0.3) is 0 Å². The topological polar surface area (TPSA) is 57.6 Å². The molecule has 2 unspecified atom stereocenters. The van der Waals surface area contributed by atoms with E-state index in [1.54, 1.807) is 0 Å². The second-order valence-electron chi connectivity index (χ2n) is 4.78. The van der Waals surface area contributed by atoms with Gasteiger partial charge in [-0.05, 0) is 13.8 Å². The second-order valence-corrected chi connectivity index (χ2v) is 7.68. The molecule has 19 heavy (non-hydrogen) atoms. The molecule has 4 nitrogen and oxygen atoms in total. The molecule has 0 aromatic heterocycles. The van der Waals surface area contributed by atoms with Gasteiger partial charge in [0, 0.05) is 16.7 Å². The first-order chi connectivity index (χ1) is 8.70. The first-order valence-corrected chi connectivity index (χ1v) is 8.43. The Labute approximate surface area is 133 Å². The van der Waals surface area contributed by atoms with Crippen molar-refractivity contribution in [1.82, 2.24) is 4.90 Å². The summed E-state index contributed by atoms with van der Waals surface area (Å²) in [5.74, 6) is -1.29. The molecule has 0 saturated carbocycles. The standard InChI is InChI=1S/C11H12BrCl2NO3S/c1-5(2)6-7(16)15-8(6)19-4-10(13,3-12)11(15,14)9(17)18/h8H,3-4H2,1-2H3,(H,17,18)/t8-,10?,11?/m0/s1. The molecule has 2 saturated heterocycles. The van der Waals surface area contributed by atoms with Crippen molar-refractivity contribution in [1.29, 1.82) is 0 Å². The Morgan fingerprint density at radius 2 is 2.16 bits per heavy atom. The molecule has 2 aliphatic heterocycles. The zero-order valence-electron chi connectivity index (χ0n) is 10.2. The van der Waals surface area contributed by atoms with Gasteiger partial charge in [0.05, 0.1) is 0 Å². The summed E-state index contributed by atoms with van der Waals surface area (Å²) in [6, 6.07) is 0. The zero-order chi connectivity index (χ0) is 14.6. The van der Waals surface area contributed by atoms with Gasteiger partial charge in [-0.3, -0.25) is 9.69 Å². The van der Waals surface area contributed by atoms with E-state index in [0.717, 1.165) is 5.57 Å². The number of halogens is 3. The Balaban J connectivity index is 2.51. The van der Waals surface area contributed by atoms with Crippen molar-refractivity contribution in [2.75, 3.05) is 11.1 Å². The van der Waals surface area contributed by atoms with Crippen LogP contribution in [-0.4, -0.2) is 48.2 Å². The molecule has 3 atom stereocenters. The highest BCUT2D eigenvalue weighted by molar-refractivity contribution is 9.09. The molecule has 0 spiro atoms. The van der Waals surface area contributed by atoms with E-state index in [1.807, 2.05) is 13.8 Å². The molecule has 0 aromatic rings. The second kappa shape index (κ2) is 4.83. The Bertz CT molecular complexity index is 496. The summed E-state index contributed by atoms with van der Waals surface area (Å²) >= 11 is 17.3. The number of thioether (sulfide) groups is 1. The average Bonchev–Trinajstić information content (AvgIpc) is 2.31. The molecule has 1 amide bonds. The normalized spacial score (nSPS) is 37.7. The molecular formula is C11H12BrCl2NO3S. The molecule has 0 aliphatic carbocycles. The molecule has 0 radical (unpaired) electrons. The lowest BCUT2D eigenvalue weighted by atomic mass is 9.91. The number of nitrogens with zero attached hydrogens (tertiary/aromatic N) is 1. The van der Waals surface area contributed by atoms with Gasteiger partial charge in [0.25, 0.3) is 5.91 Å². The molecule has 0 bridgehead atoms. The molecule has 2 heterocycles. The van der Waals surface area contributed by atoms with Crippen LogP contribution < -0.4 is 0 Å². The quantitative estimate of drug-likeness (QED) is 0.342. The maximum absolute atomic E-state index is 12.2. The lowest BCUT2D eigenvalue weighted by Gasteiger charge is -2.58. The number of hydrogen-bond acceptors (Lipinski definition) is 3. The van der Waals surface area contributed by atoms with Crippen molar-refractivity contribution in [2.45, 2.75) is 29.1 Å². The zero-order valence-corrected chi connectivity index (χ0v) is 14.2. The van der Waals surface area contributed by atoms with Crippen molar-refractivity contribution >= 4 is 62.8 Å². The predicted molar refractivity (Wildman–Crippen MR) is 80.1 cm³/mol. The minimum atomic E-state index is -1.93. The third-order valence-electron chi connectivity index (χ3n) is 3.36. The lowest BCUT2D eigenvalue weighted by molar-refractivity contribution is -0.158. The fourth-order valence-electron chi connectivity index (χ4n) is 2.27. The van der Waals surface area contributed by atoms with Gasteiger partial charge in [0.15, 0.2) is 0 Å². The maximum atomic E-state index is 12.2. The van der Waals surface area contributed by atoms with E-state index in [0.29, 0.717) is 11.3 Å². The van der Waals surface area contributed by atoms with Crippen LogP contribution in [0.4, 0.5) is 0 Å². The smallest absolute Gasteiger partial charge is 0.347 e. The molecule has 0 aromatic carbocycles. The summed E-state index contributed by atoms with van der Waals surface area (Å²) in [7, 11) is 0. The highest BCUT2D eigenvalue weighted by Gasteiger charge is 2.69. The molecule has 2 fully saturated rings. The summed E-state index contributed by atoms with van der Waals surface area (Å²) in [6.45, 7) is 3.66. The first-order valence-electron chi connectivity index (χ1n) is 5.50. The van der Waals surface area contributed by atoms with Crippen molar-refractivity contribution in [3.63, 3.8) is 0 Å². The highest BCUT2D eigenvalue weighted by Crippen LogP contribution is 2.55. The Morgan fingerprint density at radius 1 is 1.58 bits per heavy atom. The number of rotatable bonds is 2. The predicted octanol–water partition coefficient (Wildman–Crippen LogP) is 2.63. The van der Waals surface area contributed by atoms with Crippen LogP contribution in [0, 0.1) is 0 Å². The van der Waals surface area contributed by atoms with E-state index in [1.165, 1.54) is 16.7 Å². The SMILES string of the molecule is CC(C)=C1C(=O)N2[C@H]1SCC(Cl)(CBr)C2(Cl)C(=O)O. The molecule has 8 heteroatoms. The number of carbonyl (C=O) groups excluding carboxylic acids is 1. The molecule has 2 rings (SSSR count). The van der Waals surface area contributed by atoms with E-state index >= 15 is 0 Å². The van der Waals surface area contributed by atoms with Crippen molar-refractivity contribution < 1.29 is 14.7 Å². The third-order valence-corrected chi connectivity index (χ3v) is 7.56. The fourth-order valence-corrected chi connectivity index (χ4v) is 5.74. The maximum Gasteiger partial charge on any atom is 0.347 e. The summed E-state index contributed by atoms with van der Waals surface area (Å²) in [6.07, 6.45) is 0. The number of amides is 1. The number of carbonyl (C=O) groups is 2. The Morgan fingerprint density at radius 3 is 2.58 bits per heavy atom. The van der Waals surface area contributed by atoms with E-state index in [9.17, 15) is 14.7 Å². The van der Waals surface area contributed by atoms with Gasteiger partial charge < -0.3 is 5.11 Å². The van der Waals surface area contributed by atoms with Crippen LogP contribution in [0.2, 0.25) is 0 Å². The number of carboxylic acid groups (broad SMARTS) is 1. The van der Waals surface area contributed by atoms with E-state index < -0.39 is 15.8 Å². The highest BCUT2D eigenvalue weighted by atomic mass is 79.9. The molecular weight excluding hydrogens is 377 g/mol. The monoisotopic (exact) mass is 387 g/mol. The van der Waals surface area contributed by atoms with Gasteiger partial charge in [-0.15, -0.1) is 23.4 Å². The van der Waals surface area contributed by atoms with Crippen LogP contribution in [0.1, 0.15) is 13.8 Å². The number of carboxylic acids is 1. The van der Waals surface area contributed by atoms with Gasteiger partial charge in [0.1, 0.15) is 10.2 Å². The number of allylic oxidation sites excluding steroid dienone is 1. The Kier molecular flexibility index (Phi) is 3.93. The van der Waals surface area contributed by atoms with Crippen molar-refractivity contribution in [3.05, 3.63) is 11.1 Å². The number of β-lactam (4-membered cyclic amide) rings is 1. The summed E-state index contributed by atoms with van der Waals surface area (Å²) in [5.41, 5.74) is 1.51. The molecule has 106 valence electrons. The minimum Gasteiger partial charge on any atom is -0.479 e. The van der Waals surface area contributed by atoms with Gasteiger partial charge in [-0.25, -0.2) is 4.79 Å². The fraction of sp³-hybridized carbons (Fsp3) is 0.636. The van der Waals surface area contributed by atoms with Crippen molar-refractivity contribution in [2.24, 2.45) is 0 Å². The molecule has 1 N–H and O–H groups in total. The summed E-state index contributed by atoms with van der Waals surface area (Å²) < 4.78 is 0. The van der Waals surface area contributed by atoms with Crippen LogP contribution in [0.15, 0.2) is 11.1 Å².